The molecule has 0 saturated carbocycles. The highest BCUT2D eigenvalue weighted by atomic mass is 16.5. The van der Waals surface area contributed by atoms with Crippen LogP contribution in [0.25, 0.3) is 0 Å². The first-order chi connectivity index (χ1) is 8.24. The summed E-state index contributed by atoms with van der Waals surface area (Å²) in [6.07, 6.45) is 3.30. The van der Waals surface area contributed by atoms with Crippen LogP contribution < -0.4 is 9.64 Å². The molecule has 0 spiro atoms. The number of ether oxygens (including phenoxy) is 1. The molecule has 2 rings (SSSR count). The van der Waals surface area contributed by atoms with Gasteiger partial charge in [-0.3, -0.25) is 4.79 Å². The molecule has 0 atom stereocenters. The fraction of sp³-hybridized carbons (Fsp3) is 0.500. The fourth-order valence-electron chi connectivity index (χ4n) is 2.26. The molecular formula is C14H19NO2. The number of methoxy groups -OCH3 is 1. The Morgan fingerprint density at radius 1 is 1.35 bits per heavy atom. The maximum absolute atomic E-state index is 10.8. The highest BCUT2D eigenvalue weighted by Crippen LogP contribution is 2.27. The Bertz CT molecular complexity index is 395. The number of aldehydes is 1. The zero-order valence-electron chi connectivity index (χ0n) is 10.5. The van der Waals surface area contributed by atoms with E-state index in [0.29, 0.717) is 11.3 Å². The van der Waals surface area contributed by atoms with Crippen LogP contribution in [0.4, 0.5) is 5.69 Å². The van der Waals surface area contributed by atoms with Crippen molar-refractivity contribution in [3.05, 3.63) is 23.8 Å². The van der Waals surface area contributed by atoms with E-state index in [-0.39, 0.29) is 0 Å². The highest BCUT2D eigenvalue weighted by molar-refractivity contribution is 5.80. The summed E-state index contributed by atoms with van der Waals surface area (Å²) < 4.78 is 5.23. The first-order valence-electron chi connectivity index (χ1n) is 6.12. The first-order valence-corrected chi connectivity index (χ1v) is 6.12. The average Bonchev–Trinajstić information content (AvgIpc) is 2.39. The van der Waals surface area contributed by atoms with E-state index in [9.17, 15) is 4.79 Å². The van der Waals surface area contributed by atoms with Crippen LogP contribution >= 0.6 is 0 Å². The molecule has 0 aromatic heterocycles. The lowest BCUT2D eigenvalue weighted by molar-refractivity contribution is 0.112. The molecule has 0 aliphatic carbocycles. The Hall–Kier alpha value is -1.51. The number of nitrogens with zero attached hydrogens (tertiary/aromatic N) is 1. The van der Waals surface area contributed by atoms with E-state index in [1.807, 2.05) is 18.2 Å². The largest absolute Gasteiger partial charge is 0.496 e. The van der Waals surface area contributed by atoms with Gasteiger partial charge in [0.05, 0.1) is 12.7 Å². The number of anilines is 1. The molecule has 1 heterocycles. The number of carbonyl (C=O) groups excluding carboxylic acids is 1. The summed E-state index contributed by atoms with van der Waals surface area (Å²) in [7, 11) is 1.60. The van der Waals surface area contributed by atoms with Crippen molar-refractivity contribution < 1.29 is 9.53 Å². The smallest absolute Gasteiger partial charge is 0.153 e. The zero-order chi connectivity index (χ0) is 12.3. The molecule has 0 amide bonds. The second-order valence-corrected chi connectivity index (χ2v) is 4.71. The van der Waals surface area contributed by atoms with E-state index < -0.39 is 0 Å². The van der Waals surface area contributed by atoms with E-state index in [2.05, 4.69) is 11.8 Å². The van der Waals surface area contributed by atoms with Crippen LogP contribution in [-0.4, -0.2) is 26.5 Å². The van der Waals surface area contributed by atoms with Gasteiger partial charge in [-0.15, -0.1) is 0 Å². The molecule has 92 valence electrons. The monoisotopic (exact) mass is 233 g/mol. The van der Waals surface area contributed by atoms with Crippen molar-refractivity contribution >= 4 is 12.0 Å². The van der Waals surface area contributed by atoms with Crippen molar-refractivity contribution in [3.63, 3.8) is 0 Å². The minimum atomic E-state index is 0.613. The van der Waals surface area contributed by atoms with Gasteiger partial charge in [0.25, 0.3) is 0 Å². The maximum atomic E-state index is 10.8. The van der Waals surface area contributed by atoms with Crippen LogP contribution in [-0.2, 0) is 0 Å². The summed E-state index contributed by atoms with van der Waals surface area (Å²) in [4.78, 5) is 13.2. The molecule has 1 aromatic carbocycles. The molecule has 1 saturated heterocycles. The third-order valence-electron chi connectivity index (χ3n) is 3.49. The lowest BCUT2D eigenvalue weighted by atomic mass is 9.98. The van der Waals surface area contributed by atoms with Gasteiger partial charge in [-0.1, -0.05) is 6.92 Å². The van der Waals surface area contributed by atoms with E-state index in [0.717, 1.165) is 31.0 Å². The molecule has 3 nitrogen and oxygen atoms in total. The van der Waals surface area contributed by atoms with Gasteiger partial charge in [-0.05, 0) is 30.9 Å². The normalized spacial score (nSPS) is 16.9. The van der Waals surface area contributed by atoms with Crippen LogP contribution in [0.5, 0.6) is 5.75 Å². The number of hydrogen-bond donors (Lipinski definition) is 0. The van der Waals surface area contributed by atoms with Gasteiger partial charge in [0.15, 0.2) is 6.29 Å². The van der Waals surface area contributed by atoms with Crippen LogP contribution in [0.15, 0.2) is 18.2 Å². The Labute approximate surface area is 102 Å². The van der Waals surface area contributed by atoms with E-state index >= 15 is 0 Å². The molecule has 0 unspecified atom stereocenters. The van der Waals surface area contributed by atoms with Gasteiger partial charge in [0.1, 0.15) is 5.75 Å². The lowest BCUT2D eigenvalue weighted by Crippen LogP contribution is -2.32. The van der Waals surface area contributed by atoms with Crippen LogP contribution in [0.2, 0.25) is 0 Å². The molecule has 17 heavy (non-hydrogen) atoms. The Morgan fingerprint density at radius 3 is 2.65 bits per heavy atom. The maximum Gasteiger partial charge on any atom is 0.153 e. The van der Waals surface area contributed by atoms with E-state index in [4.69, 9.17) is 4.74 Å². The second-order valence-electron chi connectivity index (χ2n) is 4.71. The molecule has 0 bridgehead atoms. The minimum Gasteiger partial charge on any atom is -0.496 e. The topological polar surface area (TPSA) is 29.5 Å². The summed E-state index contributed by atoms with van der Waals surface area (Å²) in [5.74, 6) is 1.48. The van der Waals surface area contributed by atoms with Crippen molar-refractivity contribution in [1.29, 1.82) is 0 Å². The second kappa shape index (κ2) is 5.21. The average molecular weight is 233 g/mol. The Morgan fingerprint density at radius 2 is 2.06 bits per heavy atom. The van der Waals surface area contributed by atoms with Crippen LogP contribution in [0.3, 0.4) is 0 Å². The molecule has 1 aromatic rings. The molecule has 1 fully saturated rings. The molecule has 1 aliphatic heterocycles. The summed E-state index contributed by atoms with van der Waals surface area (Å²) in [5.41, 5.74) is 1.76. The third-order valence-corrected chi connectivity index (χ3v) is 3.49. The van der Waals surface area contributed by atoms with Crippen molar-refractivity contribution in [2.75, 3.05) is 25.1 Å². The molecule has 1 aliphatic rings. The summed E-state index contributed by atoms with van der Waals surface area (Å²) in [5, 5.41) is 0. The van der Waals surface area contributed by atoms with Gasteiger partial charge >= 0.3 is 0 Å². The number of piperidine rings is 1. The minimum absolute atomic E-state index is 0.613. The van der Waals surface area contributed by atoms with Crippen molar-refractivity contribution in [3.8, 4) is 5.75 Å². The first kappa shape index (κ1) is 12.0. The summed E-state index contributed by atoms with van der Waals surface area (Å²) >= 11 is 0. The predicted octanol–water partition coefficient (Wildman–Crippen LogP) is 2.74. The van der Waals surface area contributed by atoms with Gasteiger partial charge in [-0.25, -0.2) is 0 Å². The molecular weight excluding hydrogens is 214 g/mol. The SMILES string of the molecule is COc1cc(N2CCC(C)CC2)ccc1C=O. The van der Waals surface area contributed by atoms with Crippen molar-refractivity contribution in [2.45, 2.75) is 19.8 Å². The molecule has 0 radical (unpaired) electrons. The molecule has 0 N–H and O–H groups in total. The summed E-state index contributed by atoms with van der Waals surface area (Å²) in [6, 6.07) is 5.79. The van der Waals surface area contributed by atoms with Crippen molar-refractivity contribution in [1.82, 2.24) is 0 Å². The zero-order valence-corrected chi connectivity index (χ0v) is 10.5. The fourth-order valence-corrected chi connectivity index (χ4v) is 2.26. The summed E-state index contributed by atoms with van der Waals surface area (Å²) in [6.45, 7) is 4.48. The number of rotatable bonds is 3. The van der Waals surface area contributed by atoms with E-state index in [1.54, 1.807) is 7.11 Å². The quantitative estimate of drug-likeness (QED) is 0.752. The van der Waals surface area contributed by atoms with Gasteiger partial charge in [-0.2, -0.15) is 0 Å². The van der Waals surface area contributed by atoms with Gasteiger partial charge in [0, 0.05) is 24.8 Å². The van der Waals surface area contributed by atoms with Gasteiger partial charge < -0.3 is 9.64 Å². The lowest BCUT2D eigenvalue weighted by Gasteiger charge is -2.32. The Kier molecular flexibility index (Phi) is 3.67. The number of carbonyl (C=O) groups is 1. The number of hydrogen-bond acceptors (Lipinski definition) is 3. The standard InChI is InChI=1S/C14H19NO2/c1-11-5-7-15(8-6-11)13-4-3-12(10-16)14(9-13)17-2/h3-4,9-11H,5-8H2,1-2H3. The highest BCUT2D eigenvalue weighted by Gasteiger charge is 2.17. The molecule has 3 heteroatoms. The van der Waals surface area contributed by atoms with Crippen molar-refractivity contribution in [2.24, 2.45) is 5.92 Å². The Balaban J connectivity index is 2.18. The van der Waals surface area contributed by atoms with Crippen LogP contribution in [0, 0.1) is 5.92 Å². The number of benzene rings is 1. The van der Waals surface area contributed by atoms with Crippen LogP contribution in [0.1, 0.15) is 30.1 Å². The van der Waals surface area contributed by atoms with Gasteiger partial charge in [0.2, 0.25) is 0 Å². The third kappa shape index (κ3) is 2.60. The predicted molar refractivity (Wildman–Crippen MR) is 69.0 cm³/mol. The van der Waals surface area contributed by atoms with E-state index in [1.165, 1.54) is 12.8 Å².